The van der Waals surface area contributed by atoms with Gasteiger partial charge in [0, 0.05) is 20.2 Å². The molecule has 12 heavy (non-hydrogen) atoms. The van der Waals surface area contributed by atoms with E-state index in [4.69, 9.17) is 27.2 Å². The van der Waals surface area contributed by atoms with E-state index in [0.717, 1.165) is 0 Å². The molecule has 1 heterocycles. The Morgan fingerprint density at radius 2 is 2.25 bits per heavy atom. The predicted molar refractivity (Wildman–Crippen MR) is 49.1 cm³/mol. The summed E-state index contributed by atoms with van der Waals surface area (Å²) in [5.74, 6) is 0.690. The van der Waals surface area contributed by atoms with Gasteiger partial charge in [-0.25, -0.2) is 0 Å². The van der Waals surface area contributed by atoms with Crippen LogP contribution in [0.4, 0.5) is 5.88 Å². The molecule has 0 aliphatic heterocycles. The first-order valence-corrected chi connectivity index (χ1v) is 3.71. The molecule has 1 aromatic rings. The molecule has 0 saturated carbocycles. The molecular weight excluding hydrogens is 178 g/mol. The molecule has 0 spiro atoms. The average molecular weight is 188 g/mol. The number of amidine groups is 1. The van der Waals surface area contributed by atoms with Crippen molar-refractivity contribution in [1.82, 2.24) is 0 Å². The largest absolute Gasteiger partial charge is 0.436 e. The topological polar surface area (TPSA) is 66.2 Å². The molecule has 5 heteroatoms. The molecule has 0 unspecified atom stereocenters. The summed E-state index contributed by atoms with van der Waals surface area (Å²) in [4.78, 5) is 1.72. The van der Waals surface area contributed by atoms with Gasteiger partial charge in [0.1, 0.15) is 5.02 Å². The minimum Gasteiger partial charge on any atom is -0.436 e. The maximum Gasteiger partial charge on any atom is 0.214 e. The summed E-state index contributed by atoms with van der Waals surface area (Å²) in [6.45, 7) is 0. The minimum absolute atomic E-state index is 0.120. The Morgan fingerprint density at radius 3 is 2.50 bits per heavy atom. The van der Waals surface area contributed by atoms with Crippen LogP contribution in [0.1, 0.15) is 5.76 Å². The molecule has 1 rings (SSSR count). The lowest BCUT2D eigenvalue weighted by atomic mass is 10.4. The Balaban J connectivity index is 3.09. The van der Waals surface area contributed by atoms with Crippen molar-refractivity contribution in [1.29, 1.82) is 5.41 Å². The minimum atomic E-state index is -0.120. The maximum absolute atomic E-state index is 7.09. The van der Waals surface area contributed by atoms with Crippen LogP contribution in [0.2, 0.25) is 5.02 Å². The van der Waals surface area contributed by atoms with E-state index < -0.39 is 0 Å². The Bertz CT molecular complexity index is 306. The van der Waals surface area contributed by atoms with Crippen LogP contribution in [-0.2, 0) is 0 Å². The summed E-state index contributed by atoms with van der Waals surface area (Å²) in [6, 6.07) is 1.53. The first-order valence-electron chi connectivity index (χ1n) is 3.33. The van der Waals surface area contributed by atoms with E-state index in [1.807, 2.05) is 0 Å². The monoisotopic (exact) mass is 187 g/mol. The number of hydrogen-bond acceptors (Lipinski definition) is 3. The van der Waals surface area contributed by atoms with Gasteiger partial charge in [0.05, 0.1) is 0 Å². The van der Waals surface area contributed by atoms with Crippen LogP contribution in [0.15, 0.2) is 10.5 Å². The third-order valence-corrected chi connectivity index (χ3v) is 1.61. The van der Waals surface area contributed by atoms with Crippen molar-refractivity contribution in [2.24, 2.45) is 5.73 Å². The van der Waals surface area contributed by atoms with Crippen molar-refractivity contribution in [3.8, 4) is 0 Å². The summed E-state index contributed by atoms with van der Waals surface area (Å²) in [5, 5.41) is 7.56. The number of nitrogens with zero attached hydrogens (tertiary/aromatic N) is 1. The van der Waals surface area contributed by atoms with E-state index in [1.54, 1.807) is 19.0 Å². The van der Waals surface area contributed by atoms with Crippen LogP contribution < -0.4 is 10.6 Å². The zero-order valence-electron chi connectivity index (χ0n) is 6.89. The van der Waals surface area contributed by atoms with E-state index in [1.165, 1.54) is 6.07 Å². The van der Waals surface area contributed by atoms with E-state index >= 15 is 0 Å². The van der Waals surface area contributed by atoms with Crippen molar-refractivity contribution in [2.45, 2.75) is 0 Å². The lowest BCUT2D eigenvalue weighted by molar-refractivity contribution is 0.555. The van der Waals surface area contributed by atoms with Crippen molar-refractivity contribution < 1.29 is 4.42 Å². The zero-order valence-corrected chi connectivity index (χ0v) is 7.64. The van der Waals surface area contributed by atoms with Gasteiger partial charge >= 0.3 is 0 Å². The number of nitrogens with two attached hydrogens (primary N) is 1. The second-order valence-corrected chi connectivity index (χ2v) is 2.98. The molecule has 0 aliphatic carbocycles. The Morgan fingerprint density at radius 1 is 1.67 bits per heavy atom. The summed E-state index contributed by atoms with van der Waals surface area (Å²) in [6.07, 6.45) is 0. The fourth-order valence-corrected chi connectivity index (χ4v) is 1.10. The number of rotatable bonds is 2. The van der Waals surface area contributed by atoms with E-state index in [-0.39, 0.29) is 5.84 Å². The number of halogens is 1. The summed E-state index contributed by atoms with van der Waals surface area (Å²) < 4.78 is 5.18. The van der Waals surface area contributed by atoms with Gasteiger partial charge in [0.2, 0.25) is 5.88 Å². The molecule has 0 saturated heterocycles. The van der Waals surface area contributed by atoms with Gasteiger partial charge < -0.3 is 15.1 Å². The lowest BCUT2D eigenvalue weighted by Gasteiger charge is -2.07. The van der Waals surface area contributed by atoms with Crippen molar-refractivity contribution in [3.63, 3.8) is 0 Å². The fraction of sp³-hybridized carbons (Fsp3) is 0.286. The average Bonchev–Trinajstić information content (AvgIpc) is 2.30. The van der Waals surface area contributed by atoms with Gasteiger partial charge in [-0.05, 0) is 0 Å². The quantitative estimate of drug-likeness (QED) is 0.542. The predicted octanol–water partition coefficient (Wildman–Crippen LogP) is 1.28. The van der Waals surface area contributed by atoms with E-state index in [2.05, 4.69) is 0 Å². The number of furan rings is 1. The maximum atomic E-state index is 7.09. The third kappa shape index (κ3) is 1.53. The van der Waals surface area contributed by atoms with E-state index in [0.29, 0.717) is 16.7 Å². The van der Waals surface area contributed by atoms with Crippen molar-refractivity contribution in [2.75, 3.05) is 19.0 Å². The van der Waals surface area contributed by atoms with Gasteiger partial charge in [-0.3, -0.25) is 5.41 Å². The Kier molecular flexibility index (Phi) is 2.28. The van der Waals surface area contributed by atoms with E-state index in [9.17, 15) is 0 Å². The van der Waals surface area contributed by atoms with Crippen molar-refractivity contribution >= 4 is 23.3 Å². The van der Waals surface area contributed by atoms with Gasteiger partial charge in [0.15, 0.2) is 11.6 Å². The van der Waals surface area contributed by atoms with Gasteiger partial charge in [-0.2, -0.15) is 0 Å². The lowest BCUT2D eigenvalue weighted by Crippen LogP contribution is -2.10. The van der Waals surface area contributed by atoms with Crippen LogP contribution in [0.25, 0.3) is 0 Å². The number of anilines is 1. The summed E-state index contributed by atoms with van der Waals surface area (Å²) in [5.41, 5.74) is 5.21. The number of nitrogens with one attached hydrogen (secondary N) is 1. The molecule has 0 aliphatic rings. The molecule has 0 atom stereocenters. The van der Waals surface area contributed by atoms with Crippen LogP contribution in [-0.4, -0.2) is 19.9 Å². The highest BCUT2D eigenvalue weighted by Gasteiger charge is 2.11. The smallest absolute Gasteiger partial charge is 0.214 e. The molecule has 4 nitrogen and oxygen atoms in total. The van der Waals surface area contributed by atoms with Crippen LogP contribution in [0, 0.1) is 5.41 Å². The summed E-state index contributed by atoms with van der Waals surface area (Å²) in [7, 11) is 3.60. The second kappa shape index (κ2) is 3.06. The van der Waals surface area contributed by atoms with Gasteiger partial charge in [-0.1, -0.05) is 11.6 Å². The van der Waals surface area contributed by atoms with Crippen LogP contribution in [0.5, 0.6) is 0 Å². The molecule has 0 fully saturated rings. The van der Waals surface area contributed by atoms with Crippen molar-refractivity contribution in [3.05, 3.63) is 16.8 Å². The first kappa shape index (κ1) is 8.93. The third-order valence-electron chi connectivity index (χ3n) is 1.34. The first-order chi connectivity index (χ1) is 5.52. The molecule has 0 aromatic carbocycles. The molecular formula is C7H10ClN3O. The molecule has 3 N–H and O–H groups in total. The highest BCUT2D eigenvalue weighted by molar-refractivity contribution is 6.33. The molecule has 66 valence electrons. The Hall–Kier alpha value is -1.16. The Labute approximate surface area is 75.4 Å². The van der Waals surface area contributed by atoms with Gasteiger partial charge in [-0.15, -0.1) is 0 Å². The standard InChI is InChI=1S/C7H10ClN3O/c1-11(2)7-4(8)3-5(12-7)6(9)10/h3H,1-2H3,(H3,9,10). The SMILES string of the molecule is CN(C)c1oc(C(=N)N)cc1Cl. The normalized spacial score (nSPS) is 9.92. The van der Waals surface area contributed by atoms with Crippen LogP contribution >= 0.6 is 11.6 Å². The zero-order chi connectivity index (χ0) is 9.30. The number of nitrogen functional groups attached to an aromatic ring is 1. The molecule has 1 aromatic heterocycles. The molecule has 0 bridgehead atoms. The van der Waals surface area contributed by atoms with Gasteiger partial charge in [0.25, 0.3) is 0 Å². The highest BCUT2D eigenvalue weighted by atomic mass is 35.5. The second-order valence-electron chi connectivity index (χ2n) is 2.57. The fourth-order valence-electron chi connectivity index (χ4n) is 0.797. The van der Waals surface area contributed by atoms with Crippen LogP contribution in [0.3, 0.4) is 0 Å². The molecule has 0 amide bonds. The highest BCUT2D eigenvalue weighted by Crippen LogP contribution is 2.27. The number of hydrogen-bond donors (Lipinski definition) is 2. The summed E-state index contributed by atoms with van der Waals surface area (Å²) >= 11 is 5.80. The molecule has 0 radical (unpaired) electrons.